The summed E-state index contributed by atoms with van der Waals surface area (Å²) in [6, 6.07) is 10.9. The largest absolute Gasteiger partial charge is 0.355 e. The van der Waals surface area contributed by atoms with E-state index in [0.29, 0.717) is 48.3 Å². The van der Waals surface area contributed by atoms with Crippen LogP contribution >= 0.6 is 23.1 Å². The van der Waals surface area contributed by atoms with Crippen molar-refractivity contribution < 1.29 is 8.78 Å². The van der Waals surface area contributed by atoms with Crippen LogP contribution in [0.2, 0.25) is 5.02 Å². The van der Waals surface area contributed by atoms with Crippen LogP contribution in [0.4, 0.5) is 14.6 Å². The summed E-state index contributed by atoms with van der Waals surface area (Å²) in [6.07, 6.45) is -1.39. The first kappa shape index (κ1) is 20.1. The predicted molar refractivity (Wildman–Crippen MR) is 111 cm³/mol. The van der Waals surface area contributed by atoms with E-state index in [0.717, 1.165) is 10.6 Å². The molecule has 3 heterocycles. The molecule has 0 saturated carbocycles. The lowest BCUT2D eigenvalue weighted by Crippen LogP contribution is -2.45. The molecule has 9 heteroatoms. The number of halogens is 3. The van der Waals surface area contributed by atoms with Crippen LogP contribution in [0.1, 0.15) is 24.2 Å². The number of aromatic nitrogens is 4. The van der Waals surface area contributed by atoms with Gasteiger partial charge in [0.1, 0.15) is 11.5 Å². The maximum atomic E-state index is 14.1. The zero-order valence-corrected chi connectivity index (χ0v) is 17.4. The summed E-state index contributed by atoms with van der Waals surface area (Å²) in [6.45, 7) is 2.83. The Kier molecular flexibility index (Phi) is 5.74. The molecule has 1 aliphatic rings. The Bertz CT molecular complexity index is 971. The van der Waals surface area contributed by atoms with Gasteiger partial charge in [-0.3, -0.25) is 0 Å². The van der Waals surface area contributed by atoms with Crippen molar-refractivity contribution in [1.29, 1.82) is 0 Å². The Morgan fingerprint density at radius 3 is 2.48 bits per heavy atom. The lowest BCUT2D eigenvalue weighted by atomic mass is 9.74. The number of anilines is 1. The van der Waals surface area contributed by atoms with Gasteiger partial charge in [-0.25, -0.2) is 13.8 Å². The summed E-state index contributed by atoms with van der Waals surface area (Å²) in [5, 5.41) is 9.79. The number of piperidine rings is 1. The Balaban J connectivity index is 1.46. The third-order valence-electron chi connectivity index (χ3n) is 5.44. The first-order chi connectivity index (χ1) is 14.0. The van der Waals surface area contributed by atoms with Gasteiger partial charge in [0.15, 0.2) is 10.8 Å². The van der Waals surface area contributed by atoms with Crippen molar-refractivity contribution in [2.24, 2.45) is 5.41 Å². The van der Waals surface area contributed by atoms with Crippen LogP contribution in [0.25, 0.3) is 10.7 Å². The molecule has 1 aliphatic heterocycles. The molecule has 0 atom stereocenters. The smallest absolute Gasteiger partial charge is 0.244 e. The lowest BCUT2D eigenvalue weighted by Gasteiger charge is -2.41. The highest BCUT2D eigenvalue weighted by molar-refractivity contribution is 7.09. The average molecular weight is 436 g/mol. The van der Waals surface area contributed by atoms with E-state index in [-0.39, 0.29) is 6.42 Å². The molecule has 29 heavy (non-hydrogen) atoms. The van der Waals surface area contributed by atoms with Crippen LogP contribution in [0.3, 0.4) is 0 Å². The van der Waals surface area contributed by atoms with Crippen molar-refractivity contribution in [2.75, 3.05) is 18.0 Å². The molecule has 0 amide bonds. The first-order valence-electron chi connectivity index (χ1n) is 9.38. The summed E-state index contributed by atoms with van der Waals surface area (Å²) < 4.78 is 32.3. The van der Waals surface area contributed by atoms with E-state index in [1.54, 1.807) is 6.07 Å². The molecule has 0 bridgehead atoms. The van der Waals surface area contributed by atoms with Crippen LogP contribution in [0.15, 0.2) is 36.4 Å². The van der Waals surface area contributed by atoms with Crippen LogP contribution in [0, 0.1) is 12.3 Å². The summed E-state index contributed by atoms with van der Waals surface area (Å²) in [5.41, 5.74) is 0.371. The number of nitrogens with zero attached hydrogens (tertiary/aromatic N) is 5. The predicted octanol–water partition coefficient (Wildman–Crippen LogP) is 5.05. The molecular formula is C20H20ClF2N5S. The van der Waals surface area contributed by atoms with E-state index in [1.165, 1.54) is 11.5 Å². The van der Waals surface area contributed by atoms with Crippen molar-refractivity contribution in [3.8, 4) is 10.7 Å². The normalized spacial score (nSPS) is 16.4. The maximum absolute atomic E-state index is 14.1. The molecule has 2 aromatic heterocycles. The van der Waals surface area contributed by atoms with Crippen LogP contribution < -0.4 is 4.90 Å². The minimum Gasteiger partial charge on any atom is -0.355 e. The Hall–Kier alpha value is -2.19. The van der Waals surface area contributed by atoms with Gasteiger partial charge in [0.05, 0.1) is 0 Å². The van der Waals surface area contributed by atoms with Crippen molar-refractivity contribution in [1.82, 2.24) is 19.6 Å². The van der Waals surface area contributed by atoms with Gasteiger partial charge in [0, 0.05) is 23.5 Å². The molecule has 5 nitrogen and oxygen atoms in total. The standard InChI is InChI=1S/C20H20ClF2N5S/c1-13-24-18(29-27-13)16-6-7-17(26-25-16)28-10-8-20(9-11-28,19(22)23)12-14-4-2-3-5-15(14)21/h2-7,19H,8-12H2,1H3. The summed E-state index contributed by atoms with van der Waals surface area (Å²) in [4.78, 5) is 6.31. The molecule has 1 saturated heterocycles. The third-order valence-corrected chi connectivity index (χ3v) is 6.64. The summed E-state index contributed by atoms with van der Waals surface area (Å²) in [7, 11) is 0. The number of aryl methyl sites for hydroxylation is 1. The molecule has 3 aromatic rings. The van der Waals surface area contributed by atoms with E-state index in [2.05, 4.69) is 19.6 Å². The average Bonchev–Trinajstić information content (AvgIpc) is 3.17. The minimum atomic E-state index is -2.41. The van der Waals surface area contributed by atoms with E-state index >= 15 is 0 Å². The molecule has 1 fully saturated rings. The fourth-order valence-electron chi connectivity index (χ4n) is 3.68. The van der Waals surface area contributed by atoms with Crippen LogP contribution in [0.5, 0.6) is 0 Å². The fraction of sp³-hybridized carbons (Fsp3) is 0.400. The lowest BCUT2D eigenvalue weighted by molar-refractivity contribution is -0.0225. The highest BCUT2D eigenvalue weighted by Gasteiger charge is 2.43. The number of rotatable bonds is 5. The van der Waals surface area contributed by atoms with E-state index in [9.17, 15) is 8.78 Å². The maximum Gasteiger partial charge on any atom is 0.244 e. The molecule has 4 rings (SSSR count). The molecular weight excluding hydrogens is 416 g/mol. The second kappa shape index (κ2) is 8.28. The highest BCUT2D eigenvalue weighted by atomic mass is 35.5. The third kappa shape index (κ3) is 4.23. The van der Waals surface area contributed by atoms with E-state index in [4.69, 9.17) is 11.6 Å². The highest BCUT2D eigenvalue weighted by Crippen LogP contribution is 2.42. The number of alkyl halides is 2. The van der Waals surface area contributed by atoms with Crippen LogP contribution in [-0.2, 0) is 6.42 Å². The van der Waals surface area contributed by atoms with Gasteiger partial charge >= 0.3 is 0 Å². The van der Waals surface area contributed by atoms with Crippen molar-refractivity contribution >= 4 is 29.0 Å². The molecule has 0 aliphatic carbocycles. The SMILES string of the molecule is Cc1nsc(-c2ccc(N3CCC(Cc4ccccc4Cl)(C(F)F)CC3)nn2)n1. The Morgan fingerprint density at radius 1 is 1.14 bits per heavy atom. The van der Waals surface area contributed by atoms with Gasteiger partial charge in [-0.1, -0.05) is 29.8 Å². The van der Waals surface area contributed by atoms with Crippen molar-refractivity contribution in [2.45, 2.75) is 32.6 Å². The van der Waals surface area contributed by atoms with Gasteiger partial charge < -0.3 is 4.90 Å². The van der Waals surface area contributed by atoms with Gasteiger partial charge in [0.25, 0.3) is 0 Å². The summed E-state index contributed by atoms with van der Waals surface area (Å²) >= 11 is 7.50. The first-order valence-corrected chi connectivity index (χ1v) is 10.5. The van der Waals surface area contributed by atoms with Gasteiger partial charge in [0.2, 0.25) is 6.43 Å². The van der Waals surface area contributed by atoms with Crippen LogP contribution in [-0.4, -0.2) is 39.1 Å². The number of hydrogen-bond donors (Lipinski definition) is 0. The second-order valence-corrected chi connectivity index (χ2v) is 8.50. The van der Waals surface area contributed by atoms with Gasteiger partial charge in [-0.05, 0) is 61.5 Å². The minimum absolute atomic E-state index is 0.277. The molecule has 0 unspecified atom stereocenters. The molecule has 0 spiro atoms. The number of benzene rings is 1. The summed E-state index contributed by atoms with van der Waals surface area (Å²) in [5.74, 6) is 1.39. The van der Waals surface area contributed by atoms with Crippen molar-refractivity contribution in [3.63, 3.8) is 0 Å². The monoisotopic (exact) mass is 435 g/mol. The molecule has 152 valence electrons. The zero-order chi connectivity index (χ0) is 20.4. The topological polar surface area (TPSA) is 54.8 Å². The molecule has 0 radical (unpaired) electrons. The van der Waals surface area contributed by atoms with E-state index in [1.807, 2.05) is 42.2 Å². The van der Waals surface area contributed by atoms with Crippen molar-refractivity contribution in [3.05, 3.63) is 52.8 Å². The van der Waals surface area contributed by atoms with Gasteiger partial charge in [-0.15, -0.1) is 10.2 Å². The zero-order valence-electron chi connectivity index (χ0n) is 15.9. The Labute approximate surface area is 176 Å². The van der Waals surface area contributed by atoms with Gasteiger partial charge in [-0.2, -0.15) is 4.37 Å². The quantitative estimate of drug-likeness (QED) is 0.561. The second-order valence-electron chi connectivity index (χ2n) is 7.34. The Morgan fingerprint density at radius 2 is 1.90 bits per heavy atom. The fourth-order valence-corrected chi connectivity index (χ4v) is 4.52. The van der Waals surface area contributed by atoms with E-state index < -0.39 is 11.8 Å². The number of hydrogen-bond acceptors (Lipinski definition) is 6. The molecule has 1 aromatic carbocycles. The molecule has 0 N–H and O–H groups in total.